The van der Waals surface area contributed by atoms with Crippen LogP contribution in [-0.2, 0) is 41.5 Å². The number of esters is 2. The summed E-state index contributed by atoms with van der Waals surface area (Å²) in [5, 5.41) is 46.7. The minimum Gasteiger partial charge on any atom is -0.427 e. The molecule has 4 saturated carbocycles. The average Bonchev–Trinajstić information content (AvgIpc) is 1.59. The summed E-state index contributed by atoms with van der Waals surface area (Å²) in [5.41, 5.74) is 5.20. The van der Waals surface area contributed by atoms with Gasteiger partial charge in [0, 0.05) is 85.6 Å². The number of imidazole rings is 1. The van der Waals surface area contributed by atoms with Gasteiger partial charge >= 0.3 is 11.9 Å². The highest BCUT2D eigenvalue weighted by Crippen LogP contribution is 2.72. The zero-order valence-corrected chi connectivity index (χ0v) is 54.4. The fourth-order valence-electron chi connectivity index (χ4n) is 19.8. The molecule has 17 heteroatoms. The van der Waals surface area contributed by atoms with E-state index in [2.05, 4.69) is 81.1 Å². The molecule has 15 nitrogen and oxygen atoms in total. The van der Waals surface area contributed by atoms with E-state index in [1.165, 1.54) is 17.1 Å². The number of amides is 2. The second kappa shape index (κ2) is 27.0. The summed E-state index contributed by atoms with van der Waals surface area (Å²) >= 11 is 0. The summed E-state index contributed by atoms with van der Waals surface area (Å²) in [6.07, 6.45) is 33.1. The van der Waals surface area contributed by atoms with Crippen LogP contribution in [0.3, 0.4) is 0 Å². The Morgan fingerprint density at radius 3 is 2.53 bits per heavy atom. The first-order chi connectivity index (χ1) is 44.4. The van der Waals surface area contributed by atoms with Gasteiger partial charge in [-0.25, -0.2) is 14.6 Å². The molecule has 7 N–H and O–H groups in total. The molecule has 13 aliphatic rings. The van der Waals surface area contributed by atoms with Crippen LogP contribution in [0.15, 0.2) is 125 Å². The molecule has 1 aromatic carbocycles. The minimum atomic E-state index is -1.04. The van der Waals surface area contributed by atoms with E-state index in [0.717, 1.165) is 137 Å². The number of dihydropyridines is 1. The van der Waals surface area contributed by atoms with Gasteiger partial charge < -0.3 is 45.7 Å². The van der Waals surface area contributed by atoms with Gasteiger partial charge in [0.1, 0.15) is 11.5 Å². The van der Waals surface area contributed by atoms with Crippen LogP contribution in [0.2, 0.25) is 0 Å². The number of aliphatic hydroxyl groups excluding tert-OH is 3. The summed E-state index contributed by atoms with van der Waals surface area (Å²) < 4.78 is 13.6. The molecule has 5 aliphatic heterocycles. The van der Waals surface area contributed by atoms with E-state index in [9.17, 15) is 24.9 Å². The number of aromatic amines is 1. The van der Waals surface area contributed by atoms with Crippen molar-refractivity contribution in [3.63, 3.8) is 0 Å². The number of allylic oxidation sites excluding steroid dienone is 5. The fraction of sp³-hybridized carbons (Fsp3) is 0.608. The quantitative estimate of drug-likeness (QED) is 0.0382. The first kappa shape index (κ1) is 62.8. The van der Waals surface area contributed by atoms with Gasteiger partial charge in [-0.1, -0.05) is 103 Å². The maximum Gasteiger partial charge on any atom is 0.340 e. The third kappa shape index (κ3) is 12.3. The molecule has 6 heterocycles. The number of fused-ring (bicyclic) bond motifs is 4. The molecule has 16 atom stereocenters. The van der Waals surface area contributed by atoms with Crippen molar-refractivity contribution in [2.24, 2.45) is 81.8 Å². The molecular weight excluding hydrogens is 1180 g/mol. The van der Waals surface area contributed by atoms with E-state index in [0.29, 0.717) is 92.0 Å². The summed E-state index contributed by atoms with van der Waals surface area (Å²) in [4.78, 5) is 67.4. The first-order valence-corrected chi connectivity index (χ1v) is 37.1. The number of carbonyl (C=O) groups is 4. The third-order valence-electron chi connectivity index (χ3n) is 24.2. The van der Waals surface area contributed by atoms with Crippen molar-refractivity contribution in [3.8, 4) is 11.8 Å². The molecule has 0 radical (unpaired) electrons. The highest BCUT2D eigenvalue weighted by atomic mass is 33.1. The van der Waals surface area contributed by atoms with E-state index < -0.39 is 35.4 Å². The Balaban J connectivity index is 0.893. The number of H-pyrrole nitrogens is 1. The number of imide groups is 1. The maximum atomic E-state index is 15.8. The second-order valence-electron chi connectivity index (χ2n) is 28.9. The van der Waals surface area contributed by atoms with Gasteiger partial charge in [0.15, 0.2) is 0 Å². The van der Waals surface area contributed by atoms with Crippen LogP contribution in [-0.4, -0.2) is 104 Å². The van der Waals surface area contributed by atoms with Crippen LogP contribution < -0.4 is 16.0 Å². The van der Waals surface area contributed by atoms with Crippen molar-refractivity contribution in [1.82, 2.24) is 30.8 Å². The van der Waals surface area contributed by atoms with Gasteiger partial charge in [0.25, 0.3) is 11.8 Å². The summed E-state index contributed by atoms with van der Waals surface area (Å²) in [6.45, 7) is 3.24. The van der Waals surface area contributed by atoms with Crippen molar-refractivity contribution in [2.75, 3.05) is 32.1 Å². The normalized spacial score (nSPS) is 35.6. The van der Waals surface area contributed by atoms with Crippen LogP contribution in [0, 0.1) is 93.7 Å². The lowest BCUT2D eigenvalue weighted by atomic mass is 9.43. The maximum absolute atomic E-state index is 15.8. The third-order valence-corrected chi connectivity index (χ3v) is 26.7. The lowest BCUT2D eigenvalue weighted by Crippen LogP contribution is -2.54. The van der Waals surface area contributed by atoms with Crippen LogP contribution in [0.5, 0.6) is 0 Å². The molecule has 9 bridgehead atoms. The Morgan fingerprint density at radius 2 is 1.73 bits per heavy atom. The molecule has 1 aromatic heterocycles. The number of rotatable bonds is 15. The molecule has 484 valence electrons. The smallest absolute Gasteiger partial charge is 0.340 e. The Hall–Kier alpha value is -5.61. The molecule has 8 aliphatic carbocycles. The van der Waals surface area contributed by atoms with Crippen LogP contribution >= 0.6 is 21.6 Å². The fourth-order valence-corrected chi connectivity index (χ4v) is 22.3. The van der Waals surface area contributed by atoms with Crippen LogP contribution in [0.4, 0.5) is 0 Å². The van der Waals surface area contributed by atoms with E-state index in [4.69, 9.17) is 9.47 Å². The molecule has 2 amide bonds. The lowest BCUT2D eigenvalue weighted by Gasteiger charge is -2.57. The number of aliphatic hydroxyl groups is 3. The second-order valence-corrected chi connectivity index (χ2v) is 31.5. The van der Waals surface area contributed by atoms with Crippen molar-refractivity contribution in [2.45, 2.75) is 166 Å². The molecule has 2 aromatic rings. The number of nitrogens with one attached hydrogen (secondary N) is 4. The predicted octanol–water partition coefficient (Wildman–Crippen LogP) is 10.8. The van der Waals surface area contributed by atoms with Crippen molar-refractivity contribution in [3.05, 3.63) is 136 Å². The van der Waals surface area contributed by atoms with E-state index in [1.807, 2.05) is 24.4 Å². The topological polar surface area (TPSA) is 215 Å². The molecule has 16 unspecified atom stereocenters. The van der Waals surface area contributed by atoms with Gasteiger partial charge in [-0.2, -0.15) is 0 Å². The van der Waals surface area contributed by atoms with Crippen molar-refractivity contribution < 1.29 is 44.0 Å². The van der Waals surface area contributed by atoms with Crippen LogP contribution in [0.25, 0.3) is 0 Å². The number of carbonyl (C=O) groups excluding carboxylic acids is 4. The largest absolute Gasteiger partial charge is 0.427 e. The van der Waals surface area contributed by atoms with Gasteiger partial charge in [-0.05, 0) is 196 Å². The first-order valence-electron chi connectivity index (χ1n) is 34.7. The average molecular weight is 1270 g/mol. The highest BCUT2D eigenvalue weighted by Gasteiger charge is 2.69. The number of aromatic nitrogens is 2. The number of hydrogen-bond donors (Lipinski definition) is 7. The number of nitrogens with zero attached hydrogens (tertiary/aromatic N) is 2. The van der Waals surface area contributed by atoms with E-state index in [1.54, 1.807) is 27.9 Å². The molecule has 1 spiro atoms. The zero-order valence-electron chi connectivity index (χ0n) is 52.8. The highest BCUT2D eigenvalue weighted by molar-refractivity contribution is 8.76. The molecule has 1 saturated heterocycles. The SMILES string of the molecule is CCC1(C=C2OC(=O)C3=C2CCC2C4CCC5(C6=CCC(C7CCC8CC(CO)CC(C(O)Cc9ccccc9)C#CCC7C8)C(NCC(O)C7CCCCC7Cc7cnc[nH]7)SSCNC7=CC(=CCN7)C(CN7C(=O)C=CC7=O)C4=C5C(=O)O6)C32)CCCC1. The van der Waals surface area contributed by atoms with E-state index >= 15 is 9.59 Å². The van der Waals surface area contributed by atoms with Gasteiger partial charge in [0.2, 0.25) is 0 Å². The summed E-state index contributed by atoms with van der Waals surface area (Å²) in [7, 11) is 3.53. The number of cyclic esters (lactones) is 1. The number of hydrogen-bond acceptors (Lipinski definition) is 15. The number of benzene rings is 1. The lowest BCUT2D eigenvalue weighted by molar-refractivity contribution is -0.138. The Kier molecular flexibility index (Phi) is 18.6. The molecular formula is C74H92N6O9S2. The Bertz CT molecular complexity index is 3370. The Labute approximate surface area is 544 Å². The number of ether oxygens (including phenoxy) is 2. The zero-order chi connectivity index (χ0) is 62.4. The molecule has 5 fully saturated rings. The van der Waals surface area contributed by atoms with Crippen molar-refractivity contribution in [1.29, 1.82) is 0 Å². The predicted molar refractivity (Wildman–Crippen MR) is 351 cm³/mol. The van der Waals surface area contributed by atoms with Gasteiger partial charge in [-0.3, -0.25) is 14.5 Å². The monoisotopic (exact) mass is 1270 g/mol. The minimum absolute atomic E-state index is 0.00466. The molecule has 15 rings (SSSR count). The van der Waals surface area contributed by atoms with E-state index in [-0.39, 0.29) is 89.1 Å². The summed E-state index contributed by atoms with van der Waals surface area (Å²) in [6, 6.07) is 10.1. The van der Waals surface area contributed by atoms with Crippen LogP contribution in [0.1, 0.15) is 147 Å². The summed E-state index contributed by atoms with van der Waals surface area (Å²) in [5.74, 6) is 8.12. The van der Waals surface area contributed by atoms with Gasteiger partial charge in [0.05, 0.1) is 46.6 Å². The standard InChI is InChI=1S/C74H92N6O9S2/c1-2-73(27-8-9-28-73)37-61-57-20-19-55-54-25-29-74(68(55)67(57)71(86)88-61)62-22-21-56(52-18-17-45-31-46(41-81)33-50(15-10-14-47(52)32-45)59(82)34-44-11-4-3-5-12-44)70(77-39-60(83)53-16-7-6-13-48(53)35-51-38-75-42-78-51)91-90-43-79-63-36-49(26-30-76-63)58(66(54)69(74)72(87)89-62)40-80-64(84)23-24-65(80)85/h3-5,11-12,22-24,26,36-38,42,45-48,50,52-56,58-60,68,70,76-77,79,81-83H,2,6-9,13-14,16-21,25,27-35,39-41,43H2,1H3,(H,75,78). The van der Waals surface area contributed by atoms with Crippen molar-refractivity contribution >= 4 is 45.3 Å². The Morgan fingerprint density at radius 1 is 0.890 bits per heavy atom. The van der Waals surface area contributed by atoms with Gasteiger partial charge in [-0.15, -0.1) is 5.92 Å². The molecule has 91 heavy (non-hydrogen) atoms.